The maximum Gasteiger partial charge on any atom is 0.246 e. The molecule has 1 aliphatic heterocycles. The first-order valence-corrected chi connectivity index (χ1v) is 9.23. The zero-order chi connectivity index (χ0) is 18.0. The SMILES string of the molecule is O=S(=O)(c1ccccc1F)N1CCN(Cc2cccc(F)c2F)CC1. The summed E-state index contributed by atoms with van der Waals surface area (Å²) in [5, 5.41) is 0. The molecule has 1 saturated heterocycles. The van der Waals surface area contributed by atoms with Gasteiger partial charge in [0.1, 0.15) is 10.7 Å². The van der Waals surface area contributed by atoms with Gasteiger partial charge in [-0.3, -0.25) is 4.90 Å². The van der Waals surface area contributed by atoms with Crippen molar-refractivity contribution in [1.82, 2.24) is 9.21 Å². The van der Waals surface area contributed by atoms with Gasteiger partial charge in [-0.15, -0.1) is 0 Å². The summed E-state index contributed by atoms with van der Waals surface area (Å²) in [5.41, 5.74) is 0.227. The van der Waals surface area contributed by atoms with E-state index in [9.17, 15) is 21.6 Å². The molecule has 1 heterocycles. The molecule has 2 aromatic rings. The van der Waals surface area contributed by atoms with Crippen molar-refractivity contribution in [2.45, 2.75) is 11.4 Å². The van der Waals surface area contributed by atoms with Gasteiger partial charge in [0, 0.05) is 38.3 Å². The lowest BCUT2D eigenvalue weighted by Crippen LogP contribution is -2.48. The Balaban J connectivity index is 1.68. The Hall–Kier alpha value is -1.90. The molecule has 134 valence electrons. The van der Waals surface area contributed by atoms with Gasteiger partial charge in [0.25, 0.3) is 0 Å². The fourth-order valence-corrected chi connectivity index (χ4v) is 4.32. The number of piperazine rings is 1. The number of sulfonamides is 1. The summed E-state index contributed by atoms with van der Waals surface area (Å²) in [6, 6.07) is 9.24. The van der Waals surface area contributed by atoms with Crippen molar-refractivity contribution in [3.8, 4) is 0 Å². The van der Waals surface area contributed by atoms with Crippen molar-refractivity contribution in [2.24, 2.45) is 0 Å². The molecule has 0 bridgehead atoms. The lowest BCUT2D eigenvalue weighted by Gasteiger charge is -2.34. The Bertz CT molecular complexity index is 866. The second kappa shape index (κ2) is 7.15. The largest absolute Gasteiger partial charge is 0.296 e. The molecule has 0 aromatic heterocycles. The lowest BCUT2D eigenvalue weighted by atomic mass is 10.2. The Kier molecular flexibility index (Phi) is 5.12. The van der Waals surface area contributed by atoms with Crippen LogP contribution in [0.25, 0.3) is 0 Å². The summed E-state index contributed by atoms with van der Waals surface area (Å²) >= 11 is 0. The van der Waals surface area contributed by atoms with Crippen LogP contribution in [-0.4, -0.2) is 43.8 Å². The van der Waals surface area contributed by atoms with Crippen LogP contribution in [0.5, 0.6) is 0 Å². The first-order chi connectivity index (χ1) is 11.9. The van der Waals surface area contributed by atoms with Crippen LogP contribution in [-0.2, 0) is 16.6 Å². The monoisotopic (exact) mass is 370 g/mol. The zero-order valence-electron chi connectivity index (χ0n) is 13.3. The highest BCUT2D eigenvalue weighted by Crippen LogP contribution is 2.21. The normalized spacial score (nSPS) is 16.9. The topological polar surface area (TPSA) is 40.6 Å². The summed E-state index contributed by atoms with van der Waals surface area (Å²) in [6.45, 7) is 1.21. The molecule has 25 heavy (non-hydrogen) atoms. The molecule has 1 aliphatic rings. The molecule has 0 amide bonds. The van der Waals surface area contributed by atoms with Crippen LogP contribution in [0.15, 0.2) is 47.4 Å². The van der Waals surface area contributed by atoms with Crippen molar-refractivity contribution < 1.29 is 21.6 Å². The first kappa shape index (κ1) is 17.9. The van der Waals surface area contributed by atoms with Crippen molar-refractivity contribution in [2.75, 3.05) is 26.2 Å². The number of hydrogen-bond donors (Lipinski definition) is 0. The van der Waals surface area contributed by atoms with Crippen molar-refractivity contribution >= 4 is 10.0 Å². The number of rotatable bonds is 4. The number of nitrogens with zero attached hydrogens (tertiary/aromatic N) is 2. The summed E-state index contributed by atoms with van der Waals surface area (Å²) < 4.78 is 67.1. The van der Waals surface area contributed by atoms with Gasteiger partial charge in [0.15, 0.2) is 11.6 Å². The molecule has 0 aliphatic carbocycles. The van der Waals surface area contributed by atoms with Gasteiger partial charge in [-0.25, -0.2) is 21.6 Å². The molecule has 0 saturated carbocycles. The fourth-order valence-electron chi connectivity index (χ4n) is 2.83. The van der Waals surface area contributed by atoms with Crippen LogP contribution in [0.1, 0.15) is 5.56 Å². The molecule has 0 atom stereocenters. The van der Waals surface area contributed by atoms with Gasteiger partial charge in [0.05, 0.1) is 0 Å². The number of hydrogen-bond acceptors (Lipinski definition) is 3. The Morgan fingerprint density at radius 2 is 1.48 bits per heavy atom. The third-order valence-corrected chi connectivity index (χ3v) is 6.14. The van der Waals surface area contributed by atoms with Crippen LogP contribution in [0.2, 0.25) is 0 Å². The smallest absolute Gasteiger partial charge is 0.246 e. The zero-order valence-corrected chi connectivity index (χ0v) is 14.1. The summed E-state index contributed by atoms with van der Waals surface area (Å²) in [5.74, 6) is -2.58. The molecular formula is C17H17F3N2O2S. The van der Waals surface area contributed by atoms with Gasteiger partial charge in [-0.2, -0.15) is 4.31 Å². The van der Waals surface area contributed by atoms with E-state index in [2.05, 4.69) is 0 Å². The maximum absolute atomic E-state index is 13.8. The molecule has 0 N–H and O–H groups in total. The minimum Gasteiger partial charge on any atom is -0.296 e. The Labute approximate surface area is 144 Å². The van der Waals surface area contributed by atoms with E-state index < -0.39 is 27.5 Å². The average molecular weight is 370 g/mol. The van der Waals surface area contributed by atoms with Crippen molar-refractivity contribution in [3.63, 3.8) is 0 Å². The predicted molar refractivity (Wildman–Crippen MR) is 86.8 cm³/mol. The quantitative estimate of drug-likeness (QED) is 0.831. The third-order valence-electron chi connectivity index (χ3n) is 4.21. The predicted octanol–water partition coefficient (Wildman–Crippen LogP) is 2.61. The van der Waals surface area contributed by atoms with Gasteiger partial charge < -0.3 is 0 Å². The van der Waals surface area contributed by atoms with E-state index in [0.29, 0.717) is 13.1 Å². The minimum absolute atomic E-state index is 0.160. The van der Waals surface area contributed by atoms with Gasteiger partial charge >= 0.3 is 0 Å². The molecule has 8 heteroatoms. The van der Waals surface area contributed by atoms with E-state index in [1.165, 1.54) is 34.6 Å². The maximum atomic E-state index is 13.8. The van der Waals surface area contributed by atoms with E-state index >= 15 is 0 Å². The fraction of sp³-hybridized carbons (Fsp3) is 0.294. The second-order valence-corrected chi connectivity index (χ2v) is 7.73. The first-order valence-electron chi connectivity index (χ1n) is 7.79. The molecule has 1 fully saturated rings. The highest BCUT2D eigenvalue weighted by molar-refractivity contribution is 7.89. The highest BCUT2D eigenvalue weighted by atomic mass is 32.2. The Morgan fingerprint density at radius 3 is 2.16 bits per heavy atom. The van der Waals surface area contributed by atoms with E-state index in [1.54, 1.807) is 0 Å². The Morgan fingerprint density at radius 1 is 0.840 bits per heavy atom. The second-order valence-electron chi connectivity index (χ2n) is 5.82. The van der Waals surface area contributed by atoms with Crippen LogP contribution in [0, 0.1) is 17.5 Å². The molecule has 2 aromatic carbocycles. The van der Waals surface area contributed by atoms with E-state index in [0.717, 1.165) is 12.1 Å². The van der Waals surface area contributed by atoms with Crippen molar-refractivity contribution in [1.29, 1.82) is 0 Å². The third kappa shape index (κ3) is 3.70. The molecule has 0 spiro atoms. The molecule has 4 nitrogen and oxygen atoms in total. The van der Waals surface area contributed by atoms with Crippen LogP contribution in [0.3, 0.4) is 0 Å². The molecule has 0 radical (unpaired) electrons. The standard InChI is InChI=1S/C17H17F3N2O2S/c18-14-5-1-2-7-16(14)25(23,24)22-10-8-21(9-11-22)12-13-4-3-6-15(19)17(13)20/h1-7H,8-12H2. The van der Waals surface area contributed by atoms with Crippen LogP contribution >= 0.6 is 0 Å². The summed E-state index contributed by atoms with van der Waals surface area (Å²) in [4.78, 5) is 1.49. The number of benzene rings is 2. The molecule has 0 unspecified atom stereocenters. The van der Waals surface area contributed by atoms with Gasteiger partial charge in [-0.1, -0.05) is 24.3 Å². The van der Waals surface area contributed by atoms with E-state index in [-0.39, 0.29) is 30.1 Å². The van der Waals surface area contributed by atoms with Crippen LogP contribution < -0.4 is 0 Å². The van der Waals surface area contributed by atoms with Gasteiger partial charge in [-0.05, 0) is 18.2 Å². The highest BCUT2D eigenvalue weighted by Gasteiger charge is 2.30. The minimum atomic E-state index is -3.91. The summed E-state index contributed by atoms with van der Waals surface area (Å²) in [7, 11) is -3.91. The average Bonchev–Trinajstić information content (AvgIpc) is 2.60. The van der Waals surface area contributed by atoms with Crippen molar-refractivity contribution in [3.05, 3.63) is 65.5 Å². The van der Waals surface area contributed by atoms with E-state index in [1.807, 2.05) is 4.90 Å². The molecular weight excluding hydrogens is 353 g/mol. The molecule has 3 rings (SSSR count). The lowest BCUT2D eigenvalue weighted by molar-refractivity contribution is 0.179. The van der Waals surface area contributed by atoms with E-state index in [4.69, 9.17) is 0 Å². The van der Waals surface area contributed by atoms with Crippen LogP contribution in [0.4, 0.5) is 13.2 Å². The summed E-state index contributed by atoms with van der Waals surface area (Å²) in [6.07, 6.45) is 0. The van der Waals surface area contributed by atoms with Gasteiger partial charge in [0.2, 0.25) is 10.0 Å². The number of halogens is 3.